The number of carbonyl (C=O) groups excluding carboxylic acids is 1. The standard InChI is InChI=1S/C20H20N2O5/c1-12-14-4-5-16(25-2)19(26-3)18(14)27-20(24)15(12)10-17(23)22-11-13-6-8-21-9-7-13/h4-9H,10-11H2,1-3H3,(H,22,23). The van der Waals surface area contributed by atoms with E-state index in [2.05, 4.69) is 10.3 Å². The van der Waals surface area contributed by atoms with Gasteiger partial charge in [-0.05, 0) is 42.3 Å². The second-order valence-corrected chi connectivity index (χ2v) is 5.98. The molecule has 0 saturated heterocycles. The van der Waals surface area contributed by atoms with E-state index in [-0.39, 0.29) is 12.3 Å². The molecule has 3 aromatic rings. The Morgan fingerprint density at radius 2 is 1.89 bits per heavy atom. The number of amides is 1. The Labute approximate surface area is 155 Å². The van der Waals surface area contributed by atoms with E-state index in [4.69, 9.17) is 13.9 Å². The van der Waals surface area contributed by atoms with Gasteiger partial charge >= 0.3 is 5.63 Å². The summed E-state index contributed by atoms with van der Waals surface area (Å²) in [6.07, 6.45) is 3.25. The number of benzene rings is 1. The molecular formula is C20H20N2O5. The van der Waals surface area contributed by atoms with Gasteiger partial charge in [-0.2, -0.15) is 0 Å². The second-order valence-electron chi connectivity index (χ2n) is 5.98. The van der Waals surface area contributed by atoms with Crippen LogP contribution in [0.3, 0.4) is 0 Å². The molecule has 0 aliphatic heterocycles. The van der Waals surface area contributed by atoms with Gasteiger partial charge in [0.25, 0.3) is 0 Å². The molecule has 1 amide bonds. The van der Waals surface area contributed by atoms with Crippen LogP contribution in [0.5, 0.6) is 11.5 Å². The maximum absolute atomic E-state index is 12.5. The predicted molar refractivity (Wildman–Crippen MR) is 100 cm³/mol. The summed E-state index contributed by atoms with van der Waals surface area (Å²) in [7, 11) is 2.99. The van der Waals surface area contributed by atoms with Crippen LogP contribution in [0.15, 0.2) is 45.9 Å². The normalized spacial score (nSPS) is 10.6. The van der Waals surface area contributed by atoms with Gasteiger partial charge in [0, 0.05) is 24.3 Å². The molecule has 27 heavy (non-hydrogen) atoms. The Morgan fingerprint density at radius 3 is 2.56 bits per heavy atom. The molecule has 1 aromatic carbocycles. The lowest BCUT2D eigenvalue weighted by atomic mass is 10.0. The molecule has 7 heteroatoms. The van der Waals surface area contributed by atoms with Crippen molar-refractivity contribution in [3.8, 4) is 11.5 Å². The molecule has 0 spiro atoms. The largest absolute Gasteiger partial charge is 0.493 e. The van der Waals surface area contributed by atoms with Crippen LogP contribution in [-0.4, -0.2) is 25.1 Å². The van der Waals surface area contributed by atoms with Crippen LogP contribution in [0, 0.1) is 6.92 Å². The highest BCUT2D eigenvalue weighted by atomic mass is 16.5. The SMILES string of the molecule is COc1ccc2c(C)c(CC(=O)NCc3ccncc3)c(=O)oc2c1OC. The van der Waals surface area contributed by atoms with Gasteiger partial charge in [0.15, 0.2) is 11.3 Å². The van der Waals surface area contributed by atoms with E-state index < -0.39 is 5.63 Å². The lowest BCUT2D eigenvalue weighted by Crippen LogP contribution is -2.27. The van der Waals surface area contributed by atoms with Crippen LogP contribution in [0.1, 0.15) is 16.7 Å². The minimum absolute atomic E-state index is 0.0659. The number of pyridine rings is 1. The fourth-order valence-electron chi connectivity index (χ4n) is 2.89. The Hall–Kier alpha value is -3.35. The molecule has 0 radical (unpaired) electrons. The van der Waals surface area contributed by atoms with Crippen molar-refractivity contribution in [1.29, 1.82) is 0 Å². The van der Waals surface area contributed by atoms with Gasteiger partial charge in [0.1, 0.15) is 0 Å². The Kier molecular flexibility index (Phi) is 5.40. The van der Waals surface area contributed by atoms with E-state index in [1.807, 2.05) is 12.1 Å². The summed E-state index contributed by atoms with van der Waals surface area (Å²) >= 11 is 0. The third-order valence-electron chi connectivity index (χ3n) is 4.37. The fourth-order valence-corrected chi connectivity index (χ4v) is 2.89. The van der Waals surface area contributed by atoms with Crippen LogP contribution in [0.2, 0.25) is 0 Å². The Balaban J connectivity index is 1.89. The molecule has 0 bridgehead atoms. The molecule has 3 rings (SSSR count). The zero-order chi connectivity index (χ0) is 19.4. The van der Waals surface area contributed by atoms with Crippen LogP contribution in [0.25, 0.3) is 11.0 Å². The molecule has 0 fully saturated rings. The van der Waals surface area contributed by atoms with Gasteiger partial charge in [0.05, 0.1) is 26.2 Å². The number of ether oxygens (including phenoxy) is 2. The molecule has 0 atom stereocenters. The summed E-state index contributed by atoms with van der Waals surface area (Å²) in [6.45, 7) is 2.15. The number of nitrogens with zero attached hydrogens (tertiary/aromatic N) is 1. The molecule has 2 heterocycles. The van der Waals surface area contributed by atoms with Crippen molar-refractivity contribution in [1.82, 2.24) is 10.3 Å². The number of fused-ring (bicyclic) bond motifs is 1. The van der Waals surface area contributed by atoms with E-state index in [0.717, 1.165) is 5.56 Å². The van der Waals surface area contributed by atoms with Crippen molar-refractivity contribution in [2.75, 3.05) is 14.2 Å². The number of nitrogens with one attached hydrogen (secondary N) is 1. The molecule has 1 N–H and O–H groups in total. The number of hydrogen-bond acceptors (Lipinski definition) is 6. The number of methoxy groups -OCH3 is 2. The monoisotopic (exact) mass is 368 g/mol. The van der Waals surface area contributed by atoms with E-state index >= 15 is 0 Å². The van der Waals surface area contributed by atoms with Gasteiger partial charge in [0.2, 0.25) is 11.7 Å². The molecule has 0 aliphatic rings. The summed E-state index contributed by atoms with van der Waals surface area (Å²) in [5.41, 5.74) is 1.67. The Bertz CT molecular complexity index is 1030. The summed E-state index contributed by atoms with van der Waals surface area (Å²) in [5, 5.41) is 3.50. The number of aromatic nitrogens is 1. The van der Waals surface area contributed by atoms with Crippen LogP contribution in [0.4, 0.5) is 0 Å². The van der Waals surface area contributed by atoms with E-state index in [1.54, 1.807) is 31.5 Å². The summed E-state index contributed by atoms with van der Waals surface area (Å²) in [6, 6.07) is 7.15. The third-order valence-corrected chi connectivity index (χ3v) is 4.37. The average Bonchev–Trinajstić information content (AvgIpc) is 2.69. The van der Waals surface area contributed by atoms with Crippen LogP contribution in [-0.2, 0) is 17.8 Å². The van der Waals surface area contributed by atoms with Gasteiger partial charge in [-0.25, -0.2) is 4.79 Å². The molecule has 0 aliphatic carbocycles. The van der Waals surface area contributed by atoms with E-state index in [9.17, 15) is 9.59 Å². The van der Waals surface area contributed by atoms with Crippen molar-refractivity contribution < 1.29 is 18.7 Å². The maximum atomic E-state index is 12.5. The minimum atomic E-state index is -0.564. The first-order valence-electron chi connectivity index (χ1n) is 8.38. The quantitative estimate of drug-likeness (QED) is 0.672. The molecule has 0 saturated carbocycles. The van der Waals surface area contributed by atoms with Crippen molar-refractivity contribution in [3.05, 3.63) is 63.8 Å². The van der Waals surface area contributed by atoms with Gasteiger partial charge in [-0.3, -0.25) is 9.78 Å². The predicted octanol–water partition coefficient (Wildman–Crippen LogP) is 2.37. The first-order chi connectivity index (χ1) is 13.0. The van der Waals surface area contributed by atoms with Gasteiger partial charge < -0.3 is 19.2 Å². The summed E-state index contributed by atoms with van der Waals surface area (Å²) in [4.78, 5) is 28.7. The van der Waals surface area contributed by atoms with Crippen molar-refractivity contribution >= 4 is 16.9 Å². The van der Waals surface area contributed by atoms with E-state index in [1.165, 1.54) is 14.2 Å². The van der Waals surface area contributed by atoms with Crippen molar-refractivity contribution in [3.63, 3.8) is 0 Å². The second kappa shape index (κ2) is 7.90. The number of carbonyl (C=O) groups is 1. The van der Waals surface area contributed by atoms with Crippen LogP contribution < -0.4 is 20.4 Å². The zero-order valence-corrected chi connectivity index (χ0v) is 15.4. The lowest BCUT2D eigenvalue weighted by molar-refractivity contribution is -0.120. The van der Waals surface area contributed by atoms with Crippen molar-refractivity contribution in [2.45, 2.75) is 19.9 Å². The first kappa shape index (κ1) is 18.4. The highest BCUT2D eigenvalue weighted by Crippen LogP contribution is 2.36. The summed E-state index contributed by atoms with van der Waals surface area (Å²) in [5.74, 6) is 0.557. The number of hydrogen-bond donors (Lipinski definition) is 1. The van der Waals surface area contributed by atoms with Crippen molar-refractivity contribution in [2.24, 2.45) is 0 Å². The topological polar surface area (TPSA) is 90.7 Å². The fraction of sp³-hybridized carbons (Fsp3) is 0.250. The molecule has 140 valence electrons. The molecule has 7 nitrogen and oxygen atoms in total. The first-order valence-corrected chi connectivity index (χ1v) is 8.38. The highest BCUT2D eigenvalue weighted by Gasteiger charge is 2.19. The number of rotatable bonds is 6. The lowest BCUT2D eigenvalue weighted by Gasteiger charge is -2.13. The van der Waals surface area contributed by atoms with Crippen LogP contribution >= 0.6 is 0 Å². The van der Waals surface area contributed by atoms with Gasteiger partial charge in [-0.15, -0.1) is 0 Å². The molecule has 2 aromatic heterocycles. The molecule has 0 unspecified atom stereocenters. The Morgan fingerprint density at radius 1 is 1.15 bits per heavy atom. The highest BCUT2D eigenvalue weighted by molar-refractivity contribution is 5.89. The third kappa shape index (κ3) is 3.76. The minimum Gasteiger partial charge on any atom is -0.493 e. The van der Waals surface area contributed by atoms with E-state index in [0.29, 0.717) is 40.1 Å². The number of aryl methyl sites for hydroxylation is 1. The molecular weight excluding hydrogens is 348 g/mol. The maximum Gasteiger partial charge on any atom is 0.340 e. The smallest absolute Gasteiger partial charge is 0.340 e. The summed E-state index contributed by atoms with van der Waals surface area (Å²) < 4.78 is 16.0. The zero-order valence-electron chi connectivity index (χ0n) is 15.4. The van der Waals surface area contributed by atoms with Gasteiger partial charge in [-0.1, -0.05) is 0 Å². The average molecular weight is 368 g/mol.